The maximum atomic E-state index is 4.81. The second-order valence-electron chi connectivity index (χ2n) is 4.42. The van der Waals surface area contributed by atoms with Crippen molar-refractivity contribution in [2.75, 3.05) is 0 Å². The van der Waals surface area contributed by atoms with Crippen molar-refractivity contribution >= 4 is 27.6 Å². The number of rotatable bonds is 1. The number of halogens is 2. The standard InChI is InChI=1S/C9H19P.2ClH.Fe.Pd/c1-9(2,3)10-8-6-4-5-7-8;;;;/h8,10H,4-7H2,1-3H3;2*1H;;/q;;;;+2/p-2. The van der Waals surface area contributed by atoms with Crippen molar-refractivity contribution < 1.29 is 33.0 Å². The van der Waals surface area contributed by atoms with Crippen LogP contribution >= 0.6 is 27.6 Å². The molecule has 1 atom stereocenters. The first-order valence-corrected chi connectivity index (χ1v) is 9.68. The Balaban J connectivity index is 0. The van der Waals surface area contributed by atoms with Gasteiger partial charge in [0.1, 0.15) is 0 Å². The first kappa shape index (κ1) is 18.6. The van der Waals surface area contributed by atoms with Crippen molar-refractivity contribution in [3.63, 3.8) is 0 Å². The molecule has 92 valence electrons. The molecule has 5 heteroatoms. The van der Waals surface area contributed by atoms with Gasteiger partial charge >= 0.3 is 35.0 Å². The summed E-state index contributed by atoms with van der Waals surface area (Å²) in [5.41, 5.74) is 1.08. The summed E-state index contributed by atoms with van der Waals surface area (Å²) in [5, 5.41) is 0.592. The van der Waals surface area contributed by atoms with E-state index >= 15 is 0 Å². The van der Waals surface area contributed by atoms with Crippen LogP contribution in [-0.4, -0.2) is 10.8 Å². The molecule has 1 fully saturated rings. The second-order valence-corrected chi connectivity index (χ2v) is 9.39. The first-order valence-electron chi connectivity index (χ1n) is 4.59. The van der Waals surface area contributed by atoms with Gasteiger partial charge in [-0.3, -0.25) is 0 Å². The van der Waals surface area contributed by atoms with E-state index in [2.05, 4.69) is 20.8 Å². The predicted octanol–water partition coefficient (Wildman–Crippen LogP) is 4.78. The van der Waals surface area contributed by atoms with Gasteiger partial charge in [-0.05, 0) is 23.7 Å². The third-order valence-electron chi connectivity index (χ3n) is 1.99. The molecule has 0 spiro atoms. The number of hydrogen-bond acceptors (Lipinski definition) is 0. The molecule has 0 aromatic carbocycles. The van der Waals surface area contributed by atoms with Crippen molar-refractivity contribution in [1.82, 2.24) is 0 Å². The molecule has 1 aliphatic carbocycles. The van der Waals surface area contributed by atoms with Gasteiger partial charge in [0.05, 0.1) is 0 Å². The molecule has 0 bridgehead atoms. The Kier molecular flexibility index (Phi) is 13.7. The van der Waals surface area contributed by atoms with E-state index in [9.17, 15) is 0 Å². The zero-order chi connectivity index (χ0) is 10.3. The van der Waals surface area contributed by atoms with Gasteiger partial charge in [-0.15, -0.1) is 8.58 Å². The van der Waals surface area contributed by atoms with Crippen molar-refractivity contribution in [3.8, 4) is 0 Å². The van der Waals surface area contributed by atoms with Gasteiger partial charge in [0.25, 0.3) is 0 Å². The second kappa shape index (κ2) is 10.4. The summed E-state index contributed by atoms with van der Waals surface area (Å²) < 4.78 is 0. The topological polar surface area (TPSA) is 0 Å². The van der Waals surface area contributed by atoms with Crippen LogP contribution in [0.2, 0.25) is 0 Å². The first-order chi connectivity index (χ1) is 5.99. The van der Waals surface area contributed by atoms with Gasteiger partial charge in [-0.1, -0.05) is 33.6 Å². The van der Waals surface area contributed by atoms with Crippen molar-refractivity contribution in [2.24, 2.45) is 0 Å². The van der Waals surface area contributed by atoms with E-state index < -0.39 is 0 Å². The molecule has 0 aliphatic heterocycles. The molecule has 0 radical (unpaired) electrons. The third-order valence-corrected chi connectivity index (χ3v) is 3.84. The molecule has 14 heavy (non-hydrogen) atoms. The maximum absolute atomic E-state index is 4.81. The Bertz CT molecular complexity index is 124. The summed E-state index contributed by atoms with van der Waals surface area (Å²) in [7, 11) is 10.8. The molecule has 1 unspecified atom stereocenters. The van der Waals surface area contributed by atoms with Gasteiger partial charge in [-0.25, -0.2) is 0 Å². The Morgan fingerprint density at radius 2 is 1.50 bits per heavy atom. The molecule has 0 heterocycles. The summed E-state index contributed by atoms with van der Waals surface area (Å²) in [5.74, 6) is 0. The van der Waals surface area contributed by atoms with Gasteiger partial charge < -0.3 is 0 Å². The minimum absolute atomic E-state index is 0. The van der Waals surface area contributed by atoms with Crippen molar-refractivity contribution in [2.45, 2.75) is 57.3 Å². The molecule has 0 saturated heterocycles. The fraction of sp³-hybridized carbons (Fsp3) is 1.00. The van der Waals surface area contributed by atoms with Crippen LogP contribution in [0.1, 0.15) is 46.5 Å². The Hall–Kier alpha value is 2.19. The minimum Gasteiger partial charge on any atom is 0 e. The van der Waals surface area contributed by atoms with E-state index in [0.29, 0.717) is 5.16 Å². The summed E-state index contributed by atoms with van der Waals surface area (Å²) >= 11 is -0.106. The smallest absolute Gasteiger partial charge is 0 e. The zero-order valence-corrected chi connectivity index (χ0v) is 14.0. The van der Waals surface area contributed by atoms with Crippen LogP contribution in [-0.2, 0) is 33.0 Å². The van der Waals surface area contributed by atoms with Crippen LogP contribution in [0, 0.1) is 0 Å². The van der Waals surface area contributed by atoms with E-state index in [0.717, 1.165) is 5.66 Å². The summed E-state index contributed by atoms with van der Waals surface area (Å²) in [6.45, 7) is 7.09. The molecule has 1 rings (SSSR count). The third kappa shape index (κ3) is 12.3. The molecule has 1 aliphatic rings. The molecule has 0 N–H and O–H groups in total. The number of hydrogen-bond donors (Lipinski definition) is 0. The van der Waals surface area contributed by atoms with E-state index in [-0.39, 0.29) is 33.0 Å². The molecule has 0 aromatic rings. The largest absolute Gasteiger partial charge is 0 e. The average molecular weight is 391 g/mol. The monoisotopic (exact) mass is 390 g/mol. The Morgan fingerprint density at radius 3 is 1.79 bits per heavy atom. The van der Waals surface area contributed by atoms with Gasteiger partial charge in [0, 0.05) is 17.1 Å². The SMILES string of the molecule is CC(C)(C)PC1CCCC1.[Cl][Pd][Cl].[Fe]. The maximum Gasteiger partial charge on any atom is 0 e. The predicted molar refractivity (Wildman–Crippen MR) is 62.0 cm³/mol. The van der Waals surface area contributed by atoms with Gasteiger partial charge in [-0.2, -0.15) is 0 Å². The molecular formula is C9H19Cl2FePPd. The van der Waals surface area contributed by atoms with Crippen LogP contribution in [0.4, 0.5) is 0 Å². The summed E-state index contributed by atoms with van der Waals surface area (Å²) in [6.07, 6.45) is 6.01. The van der Waals surface area contributed by atoms with E-state index in [1.165, 1.54) is 34.3 Å². The van der Waals surface area contributed by atoms with Crippen LogP contribution in [0.5, 0.6) is 0 Å². The zero-order valence-electron chi connectivity index (χ0n) is 8.83. The van der Waals surface area contributed by atoms with E-state index in [4.69, 9.17) is 19.1 Å². The Morgan fingerprint density at radius 1 is 1.14 bits per heavy atom. The normalized spacial score (nSPS) is 18.1. The summed E-state index contributed by atoms with van der Waals surface area (Å²) in [4.78, 5) is 0. The molecule has 0 nitrogen and oxygen atoms in total. The van der Waals surface area contributed by atoms with Crippen LogP contribution < -0.4 is 0 Å². The molecule has 1 saturated carbocycles. The van der Waals surface area contributed by atoms with Crippen molar-refractivity contribution in [3.05, 3.63) is 0 Å². The van der Waals surface area contributed by atoms with E-state index in [1.54, 1.807) is 0 Å². The van der Waals surface area contributed by atoms with E-state index in [1.807, 2.05) is 0 Å². The van der Waals surface area contributed by atoms with Crippen LogP contribution in [0.25, 0.3) is 0 Å². The molecule has 0 aromatic heterocycles. The average Bonchev–Trinajstić information content (AvgIpc) is 2.37. The van der Waals surface area contributed by atoms with Gasteiger partial charge in [0.2, 0.25) is 0 Å². The molecular weight excluding hydrogens is 372 g/mol. The molecule has 0 amide bonds. The van der Waals surface area contributed by atoms with Crippen LogP contribution in [0.15, 0.2) is 0 Å². The fourth-order valence-corrected chi connectivity index (χ4v) is 3.60. The quantitative estimate of drug-likeness (QED) is 0.446. The van der Waals surface area contributed by atoms with Crippen LogP contribution in [0.3, 0.4) is 0 Å². The summed E-state index contributed by atoms with van der Waals surface area (Å²) in [6, 6.07) is 0. The van der Waals surface area contributed by atoms with Crippen molar-refractivity contribution in [1.29, 1.82) is 0 Å². The van der Waals surface area contributed by atoms with Gasteiger partial charge in [0.15, 0.2) is 0 Å². The Labute approximate surface area is 117 Å². The fourth-order valence-electron chi connectivity index (χ4n) is 1.68. The minimum atomic E-state index is -0.106.